The highest BCUT2D eigenvalue weighted by Gasteiger charge is 2.45. The molecule has 1 saturated heterocycles. The molecule has 1 atom stereocenters. The Morgan fingerprint density at radius 3 is 2.00 bits per heavy atom. The van der Waals surface area contributed by atoms with Crippen LogP contribution in [0.15, 0.2) is 66.2 Å². The Bertz CT molecular complexity index is 1100. The zero-order valence-electron chi connectivity index (χ0n) is 25.9. The number of carboxylic acids is 1. The summed E-state index contributed by atoms with van der Waals surface area (Å²) in [6.07, 6.45) is 17.6. The van der Waals surface area contributed by atoms with Crippen LogP contribution < -0.4 is 9.47 Å². The predicted octanol–water partition coefficient (Wildman–Crippen LogP) is 8.45. The standard InChI is InChI=1S/C36H50O7/c1-40-32-22-24-33(25-23-32)42-29-36(28-41-27-30-18-14-13-15-19-30)26-31(35(39)43-36)20-16-11-9-7-5-3-2-4-6-8-10-12-17-21-34(37)38/h13-15,18-20,22-25H,2-12,16-17,21,26-29H2,1H3,(H,37,38)/b31-20+. The molecule has 43 heavy (non-hydrogen) atoms. The number of hydrogen-bond donors (Lipinski definition) is 1. The van der Waals surface area contributed by atoms with Crippen molar-refractivity contribution in [3.63, 3.8) is 0 Å². The van der Waals surface area contributed by atoms with Gasteiger partial charge < -0.3 is 24.1 Å². The van der Waals surface area contributed by atoms with Crippen molar-refractivity contribution >= 4 is 11.9 Å². The van der Waals surface area contributed by atoms with Crippen molar-refractivity contribution in [2.75, 3.05) is 20.3 Å². The molecule has 0 radical (unpaired) electrons. The van der Waals surface area contributed by atoms with Gasteiger partial charge in [0, 0.05) is 18.4 Å². The van der Waals surface area contributed by atoms with Gasteiger partial charge in [-0.15, -0.1) is 0 Å². The molecule has 7 nitrogen and oxygen atoms in total. The molecule has 1 unspecified atom stereocenters. The Balaban J connectivity index is 1.35. The zero-order valence-corrected chi connectivity index (χ0v) is 25.9. The highest BCUT2D eigenvalue weighted by Crippen LogP contribution is 2.33. The van der Waals surface area contributed by atoms with E-state index in [1.807, 2.05) is 60.7 Å². The first-order valence-electron chi connectivity index (χ1n) is 16.0. The number of ether oxygens (including phenoxy) is 4. The number of aliphatic carboxylic acids is 1. The van der Waals surface area contributed by atoms with Gasteiger partial charge in [-0.2, -0.15) is 0 Å². The third-order valence-electron chi connectivity index (χ3n) is 7.86. The Morgan fingerprint density at radius 2 is 1.40 bits per heavy atom. The second-order valence-corrected chi connectivity index (χ2v) is 11.6. The molecule has 0 amide bonds. The number of benzene rings is 2. The van der Waals surface area contributed by atoms with Crippen LogP contribution in [0.3, 0.4) is 0 Å². The molecule has 1 fully saturated rings. The number of unbranched alkanes of at least 4 members (excludes halogenated alkanes) is 12. The molecule has 1 aliphatic heterocycles. The lowest BCUT2D eigenvalue weighted by atomic mass is 9.98. The van der Waals surface area contributed by atoms with E-state index < -0.39 is 11.6 Å². The van der Waals surface area contributed by atoms with Crippen molar-refractivity contribution in [1.29, 1.82) is 0 Å². The molecule has 0 saturated carbocycles. The molecule has 1 aliphatic rings. The smallest absolute Gasteiger partial charge is 0.334 e. The molecule has 7 heteroatoms. The summed E-state index contributed by atoms with van der Waals surface area (Å²) in [5.41, 5.74) is 0.916. The van der Waals surface area contributed by atoms with Crippen molar-refractivity contribution in [2.24, 2.45) is 0 Å². The summed E-state index contributed by atoms with van der Waals surface area (Å²) in [5.74, 6) is 0.476. The van der Waals surface area contributed by atoms with Crippen molar-refractivity contribution < 1.29 is 33.6 Å². The average molecular weight is 595 g/mol. The van der Waals surface area contributed by atoms with Gasteiger partial charge in [-0.25, -0.2) is 4.79 Å². The summed E-state index contributed by atoms with van der Waals surface area (Å²) in [6.45, 7) is 0.907. The van der Waals surface area contributed by atoms with E-state index in [4.69, 9.17) is 24.1 Å². The van der Waals surface area contributed by atoms with Crippen LogP contribution in [0.4, 0.5) is 0 Å². The first-order chi connectivity index (χ1) is 21.0. The summed E-state index contributed by atoms with van der Waals surface area (Å²) in [6, 6.07) is 17.3. The number of hydrogen-bond acceptors (Lipinski definition) is 6. The molecule has 1 heterocycles. The van der Waals surface area contributed by atoms with Crippen LogP contribution >= 0.6 is 0 Å². The number of esters is 1. The zero-order chi connectivity index (χ0) is 30.6. The van der Waals surface area contributed by atoms with Gasteiger partial charge in [0.1, 0.15) is 18.1 Å². The van der Waals surface area contributed by atoms with Gasteiger partial charge in [-0.05, 0) is 49.1 Å². The number of carbonyl (C=O) groups excluding carboxylic acids is 1. The van der Waals surface area contributed by atoms with Crippen LogP contribution in [0.25, 0.3) is 0 Å². The molecule has 0 spiro atoms. The quantitative estimate of drug-likeness (QED) is 0.0784. The van der Waals surface area contributed by atoms with E-state index >= 15 is 0 Å². The average Bonchev–Trinajstić information content (AvgIpc) is 3.33. The van der Waals surface area contributed by atoms with E-state index in [1.54, 1.807) is 7.11 Å². The molecule has 3 rings (SSSR count). The van der Waals surface area contributed by atoms with Gasteiger partial charge >= 0.3 is 11.9 Å². The van der Waals surface area contributed by atoms with Gasteiger partial charge in [0.25, 0.3) is 0 Å². The summed E-state index contributed by atoms with van der Waals surface area (Å²) in [5, 5.41) is 8.67. The fraction of sp³-hybridized carbons (Fsp3) is 0.556. The van der Waals surface area contributed by atoms with Gasteiger partial charge in [0.15, 0.2) is 5.60 Å². The molecule has 236 valence electrons. The minimum absolute atomic E-state index is 0.210. The van der Waals surface area contributed by atoms with Crippen LogP contribution in [-0.2, 0) is 25.7 Å². The summed E-state index contributed by atoms with van der Waals surface area (Å²) in [4.78, 5) is 23.4. The molecule has 0 aliphatic carbocycles. The first kappa shape index (κ1) is 34.2. The minimum atomic E-state index is -0.865. The maximum atomic E-state index is 12.9. The number of cyclic esters (lactones) is 1. The highest BCUT2D eigenvalue weighted by molar-refractivity contribution is 5.91. The number of carbonyl (C=O) groups is 2. The van der Waals surface area contributed by atoms with Crippen LogP contribution in [-0.4, -0.2) is 43.0 Å². The molecule has 2 aromatic carbocycles. The number of methoxy groups -OCH3 is 1. The lowest BCUT2D eigenvalue weighted by molar-refractivity contribution is -0.156. The summed E-state index contributed by atoms with van der Waals surface area (Å²) < 4.78 is 23.3. The molecular formula is C36H50O7. The van der Waals surface area contributed by atoms with E-state index in [1.165, 1.54) is 44.9 Å². The second-order valence-electron chi connectivity index (χ2n) is 11.6. The fourth-order valence-electron chi connectivity index (χ4n) is 5.36. The molecule has 1 N–H and O–H groups in total. The number of rotatable bonds is 23. The Kier molecular flexibility index (Phi) is 15.7. The normalized spacial score (nSPS) is 17.2. The van der Waals surface area contributed by atoms with Gasteiger partial charge in [-0.1, -0.05) is 101 Å². The number of carboxylic acid groups (broad SMARTS) is 1. The van der Waals surface area contributed by atoms with E-state index in [-0.39, 0.29) is 19.2 Å². The van der Waals surface area contributed by atoms with Crippen molar-refractivity contribution in [2.45, 2.75) is 109 Å². The summed E-state index contributed by atoms with van der Waals surface area (Å²) in [7, 11) is 1.63. The predicted molar refractivity (Wildman–Crippen MR) is 168 cm³/mol. The van der Waals surface area contributed by atoms with Crippen molar-refractivity contribution in [3.8, 4) is 11.5 Å². The third-order valence-corrected chi connectivity index (χ3v) is 7.86. The Morgan fingerprint density at radius 1 is 0.814 bits per heavy atom. The van der Waals surface area contributed by atoms with E-state index in [0.29, 0.717) is 30.8 Å². The third kappa shape index (κ3) is 13.7. The van der Waals surface area contributed by atoms with E-state index in [0.717, 1.165) is 49.8 Å². The van der Waals surface area contributed by atoms with Crippen LogP contribution in [0.5, 0.6) is 11.5 Å². The topological polar surface area (TPSA) is 91.3 Å². The first-order valence-corrected chi connectivity index (χ1v) is 16.0. The van der Waals surface area contributed by atoms with Crippen LogP contribution in [0, 0.1) is 0 Å². The summed E-state index contributed by atoms with van der Waals surface area (Å²) >= 11 is 0. The van der Waals surface area contributed by atoms with Crippen molar-refractivity contribution in [1.82, 2.24) is 0 Å². The van der Waals surface area contributed by atoms with Gasteiger partial charge in [0.05, 0.1) is 20.3 Å². The molecule has 0 bridgehead atoms. The fourth-order valence-corrected chi connectivity index (χ4v) is 5.36. The lowest BCUT2D eigenvalue weighted by Gasteiger charge is -2.27. The van der Waals surface area contributed by atoms with Gasteiger partial charge in [0.2, 0.25) is 0 Å². The van der Waals surface area contributed by atoms with Crippen LogP contribution in [0.1, 0.15) is 102 Å². The van der Waals surface area contributed by atoms with Gasteiger partial charge in [-0.3, -0.25) is 4.79 Å². The molecule has 2 aromatic rings. The van der Waals surface area contributed by atoms with Crippen molar-refractivity contribution in [3.05, 3.63) is 71.8 Å². The second kappa shape index (κ2) is 19.8. The molecular weight excluding hydrogens is 544 g/mol. The van der Waals surface area contributed by atoms with E-state index in [9.17, 15) is 9.59 Å². The maximum Gasteiger partial charge on any atom is 0.334 e. The van der Waals surface area contributed by atoms with Crippen LogP contribution in [0.2, 0.25) is 0 Å². The Labute approximate surface area is 257 Å². The number of allylic oxidation sites excluding steroid dienone is 1. The monoisotopic (exact) mass is 594 g/mol. The largest absolute Gasteiger partial charge is 0.497 e. The molecule has 0 aromatic heterocycles. The van der Waals surface area contributed by atoms with E-state index in [2.05, 4.69) is 0 Å². The lowest BCUT2D eigenvalue weighted by Crippen LogP contribution is -2.40. The maximum absolute atomic E-state index is 12.9. The highest BCUT2D eigenvalue weighted by atomic mass is 16.6. The SMILES string of the molecule is COc1ccc(OCC2(COCc3ccccc3)C/C(=C\CCCCCCCCCCCCCCC(=O)O)C(=O)O2)cc1. The minimum Gasteiger partial charge on any atom is -0.497 e. The Hall–Kier alpha value is -3.32.